The topological polar surface area (TPSA) is 58.7 Å². The third kappa shape index (κ3) is 2.24. The van der Waals surface area contributed by atoms with E-state index in [1.165, 1.54) is 18.4 Å². The number of aromatic nitrogens is 2. The molecule has 0 saturated heterocycles. The molecular weight excluding hydrogens is 294 g/mol. The lowest BCUT2D eigenvalue weighted by molar-refractivity contribution is 0.562. The highest BCUT2D eigenvalue weighted by atomic mass is 32.2. The van der Waals surface area contributed by atoms with Crippen molar-refractivity contribution in [2.24, 2.45) is 0 Å². The number of hydrogen-bond acceptors (Lipinski definition) is 4. The van der Waals surface area contributed by atoms with Crippen molar-refractivity contribution >= 4 is 11.8 Å². The molecule has 4 nitrogen and oxygen atoms in total. The van der Waals surface area contributed by atoms with Gasteiger partial charge in [-0.15, -0.1) is 0 Å². The highest BCUT2D eigenvalue weighted by molar-refractivity contribution is 7.99. The van der Waals surface area contributed by atoms with Crippen LogP contribution in [0.1, 0.15) is 36.3 Å². The summed E-state index contributed by atoms with van der Waals surface area (Å²) < 4.78 is 1.63. The molecule has 2 aromatic rings. The number of hydrogen-bond donors (Lipinski definition) is 0. The van der Waals surface area contributed by atoms with Crippen molar-refractivity contribution in [2.45, 2.75) is 36.9 Å². The average Bonchev–Trinajstić information content (AvgIpc) is 3.40. The van der Waals surface area contributed by atoms with Gasteiger partial charge in [-0.25, -0.2) is 4.98 Å². The fraction of sp³-hybridized carbons (Fsp3) is 0.353. The maximum atomic E-state index is 12.5. The van der Waals surface area contributed by atoms with Crippen LogP contribution in [0.4, 0.5) is 0 Å². The van der Waals surface area contributed by atoms with Crippen molar-refractivity contribution in [1.82, 2.24) is 9.55 Å². The molecule has 1 fully saturated rings. The first-order valence-electron chi connectivity index (χ1n) is 7.56. The lowest BCUT2D eigenvalue weighted by Gasteiger charge is -2.18. The number of thioether (sulfide) groups is 1. The first kappa shape index (κ1) is 13.6. The maximum Gasteiger partial charge on any atom is 0.272 e. The summed E-state index contributed by atoms with van der Waals surface area (Å²) in [5, 5.41) is 10.1. The smallest absolute Gasteiger partial charge is 0.272 e. The Kier molecular flexibility index (Phi) is 3.27. The zero-order chi connectivity index (χ0) is 15.1. The van der Waals surface area contributed by atoms with Crippen LogP contribution in [0.3, 0.4) is 0 Å². The summed E-state index contributed by atoms with van der Waals surface area (Å²) in [4.78, 5) is 17.1. The second-order valence-corrected chi connectivity index (χ2v) is 6.85. The number of nitrogens with zero attached hydrogens (tertiary/aromatic N) is 3. The van der Waals surface area contributed by atoms with E-state index in [1.807, 2.05) is 12.1 Å². The van der Waals surface area contributed by atoms with E-state index in [9.17, 15) is 10.1 Å². The van der Waals surface area contributed by atoms with Crippen LogP contribution in [-0.2, 0) is 6.54 Å². The first-order chi connectivity index (χ1) is 10.8. The summed E-state index contributed by atoms with van der Waals surface area (Å²) in [6, 6.07) is 10.2. The molecule has 1 aromatic heterocycles. The van der Waals surface area contributed by atoms with Gasteiger partial charge in [0.05, 0.1) is 5.69 Å². The molecule has 4 rings (SSSR count). The van der Waals surface area contributed by atoms with Crippen LogP contribution in [0.2, 0.25) is 0 Å². The van der Waals surface area contributed by atoms with E-state index < -0.39 is 0 Å². The fourth-order valence-electron chi connectivity index (χ4n) is 2.87. The van der Waals surface area contributed by atoms with Crippen LogP contribution in [0.25, 0.3) is 11.3 Å². The predicted octanol–water partition coefficient (Wildman–Crippen LogP) is 3.16. The minimum Gasteiger partial charge on any atom is -0.286 e. The van der Waals surface area contributed by atoms with Crippen molar-refractivity contribution in [2.75, 3.05) is 5.75 Å². The van der Waals surface area contributed by atoms with Crippen LogP contribution >= 0.6 is 11.8 Å². The molecule has 5 heteroatoms. The Balaban J connectivity index is 1.85. The Hall–Kier alpha value is -2.06. The number of nitriles is 1. The molecule has 2 aliphatic rings. The molecule has 1 aliphatic heterocycles. The van der Waals surface area contributed by atoms with Crippen molar-refractivity contribution in [3.63, 3.8) is 0 Å². The third-order valence-electron chi connectivity index (χ3n) is 4.24. The number of rotatable bonds is 2. The summed E-state index contributed by atoms with van der Waals surface area (Å²) in [7, 11) is 0. The zero-order valence-corrected chi connectivity index (χ0v) is 12.9. The van der Waals surface area contributed by atoms with E-state index in [2.05, 4.69) is 23.2 Å². The molecule has 1 aromatic carbocycles. The molecule has 0 atom stereocenters. The summed E-state index contributed by atoms with van der Waals surface area (Å²) in [6.07, 6.45) is 3.47. The van der Waals surface area contributed by atoms with E-state index in [0.717, 1.165) is 22.9 Å². The van der Waals surface area contributed by atoms with Gasteiger partial charge in [-0.3, -0.25) is 9.36 Å². The minimum atomic E-state index is -0.207. The second-order valence-electron chi connectivity index (χ2n) is 5.78. The molecule has 0 bridgehead atoms. The van der Waals surface area contributed by atoms with Crippen molar-refractivity contribution in [3.05, 3.63) is 45.7 Å². The zero-order valence-electron chi connectivity index (χ0n) is 12.1. The largest absolute Gasteiger partial charge is 0.286 e. The Morgan fingerprint density at radius 3 is 2.73 bits per heavy atom. The van der Waals surface area contributed by atoms with Gasteiger partial charge in [0.2, 0.25) is 0 Å². The highest BCUT2D eigenvalue weighted by Crippen LogP contribution is 2.40. The molecule has 0 radical (unpaired) electrons. The number of fused-ring (bicyclic) bond motifs is 1. The van der Waals surface area contributed by atoms with Gasteiger partial charge < -0.3 is 0 Å². The van der Waals surface area contributed by atoms with E-state index in [4.69, 9.17) is 0 Å². The van der Waals surface area contributed by atoms with E-state index in [1.54, 1.807) is 16.3 Å². The van der Waals surface area contributed by atoms with Crippen LogP contribution in [-0.4, -0.2) is 15.3 Å². The van der Waals surface area contributed by atoms with Gasteiger partial charge in [0.1, 0.15) is 11.6 Å². The molecule has 110 valence electrons. The Morgan fingerprint density at radius 1 is 1.27 bits per heavy atom. The quantitative estimate of drug-likeness (QED) is 0.800. The van der Waals surface area contributed by atoms with Gasteiger partial charge in [-0.2, -0.15) is 5.26 Å². The molecule has 0 amide bonds. The van der Waals surface area contributed by atoms with Gasteiger partial charge in [0.25, 0.3) is 5.56 Å². The van der Waals surface area contributed by atoms with Crippen LogP contribution in [0.15, 0.2) is 34.2 Å². The Morgan fingerprint density at radius 2 is 2.05 bits per heavy atom. The molecule has 0 unspecified atom stereocenters. The first-order valence-corrected chi connectivity index (χ1v) is 8.54. The second kappa shape index (κ2) is 5.29. The Labute approximate surface area is 132 Å². The maximum absolute atomic E-state index is 12.5. The lowest BCUT2D eigenvalue weighted by Crippen LogP contribution is -2.28. The van der Waals surface area contributed by atoms with E-state index in [0.29, 0.717) is 18.2 Å². The van der Waals surface area contributed by atoms with Gasteiger partial charge >= 0.3 is 0 Å². The standard InChI is InChI=1S/C17H15N3OS/c18-10-14-15(13-6-4-12(5-7-13)11-2-3-11)19-17-20(16(14)21)8-1-9-22-17/h4-7,11H,1-3,8-9H2. The normalized spacial score (nSPS) is 16.9. The monoisotopic (exact) mass is 309 g/mol. The number of benzene rings is 1. The van der Waals surface area contributed by atoms with Crippen LogP contribution in [0.5, 0.6) is 0 Å². The third-order valence-corrected chi connectivity index (χ3v) is 5.30. The Bertz CT molecular complexity index is 829. The molecule has 22 heavy (non-hydrogen) atoms. The fourth-order valence-corrected chi connectivity index (χ4v) is 3.81. The lowest BCUT2D eigenvalue weighted by atomic mass is 10.0. The average molecular weight is 309 g/mol. The van der Waals surface area contributed by atoms with E-state index >= 15 is 0 Å². The minimum absolute atomic E-state index is 0.158. The van der Waals surface area contributed by atoms with Gasteiger partial charge in [0.15, 0.2) is 5.16 Å². The van der Waals surface area contributed by atoms with Crippen LogP contribution in [0, 0.1) is 11.3 Å². The SMILES string of the molecule is N#Cc1c(-c2ccc(C3CC3)cc2)nc2n(c1=O)CCCS2. The summed E-state index contributed by atoms with van der Waals surface area (Å²) in [5.74, 6) is 1.67. The van der Waals surface area contributed by atoms with Gasteiger partial charge in [-0.05, 0) is 30.7 Å². The summed E-state index contributed by atoms with van der Waals surface area (Å²) in [5.41, 5.74) is 2.67. The van der Waals surface area contributed by atoms with Crippen molar-refractivity contribution < 1.29 is 0 Å². The summed E-state index contributed by atoms with van der Waals surface area (Å²) in [6.45, 7) is 0.656. The summed E-state index contributed by atoms with van der Waals surface area (Å²) >= 11 is 1.59. The van der Waals surface area contributed by atoms with Crippen LogP contribution < -0.4 is 5.56 Å². The van der Waals surface area contributed by atoms with Crippen molar-refractivity contribution in [1.29, 1.82) is 5.26 Å². The molecule has 0 N–H and O–H groups in total. The van der Waals surface area contributed by atoms with Gasteiger partial charge in [0, 0.05) is 17.9 Å². The highest BCUT2D eigenvalue weighted by Gasteiger charge is 2.24. The molecule has 2 heterocycles. The van der Waals surface area contributed by atoms with Crippen molar-refractivity contribution in [3.8, 4) is 17.3 Å². The molecular formula is C17H15N3OS. The van der Waals surface area contributed by atoms with Gasteiger partial charge in [-0.1, -0.05) is 36.0 Å². The molecule has 0 spiro atoms. The molecule has 1 aliphatic carbocycles. The molecule has 1 saturated carbocycles. The predicted molar refractivity (Wildman–Crippen MR) is 86.0 cm³/mol. The van der Waals surface area contributed by atoms with E-state index in [-0.39, 0.29) is 11.1 Å².